The Morgan fingerprint density at radius 2 is 1.96 bits per heavy atom. The highest BCUT2D eigenvalue weighted by Crippen LogP contribution is 2.32. The van der Waals surface area contributed by atoms with Crippen LogP contribution in [-0.4, -0.2) is 16.6 Å². The molecule has 0 N–H and O–H groups in total. The van der Waals surface area contributed by atoms with E-state index in [2.05, 4.69) is 4.98 Å². The number of fused-ring (bicyclic) bond motifs is 1. The van der Waals surface area contributed by atoms with Gasteiger partial charge in [-0.2, -0.15) is 0 Å². The van der Waals surface area contributed by atoms with Crippen LogP contribution in [0.25, 0.3) is 0 Å². The molecule has 0 spiro atoms. The lowest BCUT2D eigenvalue weighted by Crippen LogP contribution is -2.23. The molecule has 6 heteroatoms. The maximum Gasteiger partial charge on any atom is 0.194 e. The summed E-state index contributed by atoms with van der Waals surface area (Å²) in [5.74, 6) is -4.78. The van der Waals surface area contributed by atoms with Gasteiger partial charge >= 0.3 is 0 Å². The molecule has 0 saturated heterocycles. The highest BCUT2D eigenvalue weighted by molar-refractivity contribution is 6.00. The van der Waals surface area contributed by atoms with Crippen LogP contribution >= 0.6 is 0 Å². The predicted octanol–water partition coefficient (Wildman–Crippen LogP) is 3.76. The van der Waals surface area contributed by atoms with Gasteiger partial charge in [-0.1, -0.05) is 12.1 Å². The molecule has 3 nitrogen and oxygen atoms in total. The summed E-state index contributed by atoms with van der Waals surface area (Å²) in [6, 6.07) is 5.34. The van der Waals surface area contributed by atoms with Gasteiger partial charge in [0.05, 0.1) is 0 Å². The highest BCUT2D eigenvalue weighted by atomic mass is 19.2. The number of ketones is 2. The molecule has 1 aromatic carbocycles. The molecule has 1 aliphatic rings. The Morgan fingerprint density at radius 1 is 1.17 bits per heavy atom. The number of nitrogens with zero attached hydrogens (tertiary/aromatic N) is 1. The van der Waals surface area contributed by atoms with Crippen molar-refractivity contribution in [2.24, 2.45) is 0 Å². The second kappa shape index (κ2) is 6.55. The molecule has 0 aliphatic heterocycles. The first-order valence-electron chi connectivity index (χ1n) is 7.62. The average molecular weight is 333 g/mol. The molecule has 0 radical (unpaired) electrons. The van der Waals surface area contributed by atoms with Gasteiger partial charge in [-0.05, 0) is 36.1 Å². The molecule has 2 aromatic rings. The van der Waals surface area contributed by atoms with Crippen LogP contribution in [0.1, 0.15) is 46.8 Å². The zero-order valence-electron chi connectivity index (χ0n) is 12.7. The minimum atomic E-state index is -1.53. The third kappa shape index (κ3) is 2.96. The number of pyridine rings is 1. The minimum absolute atomic E-state index is 0.0187. The number of aryl methyl sites for hydroxylation is 1. The van der Waals surface area contributed by atoms with Gasteiger partial charge in [0.15, 0.2) is 23.2 Å². The van der Waals surface area contributed by atoms with Crippen LogP contribution in [0, 0.1) is 17.5 Å². The van der Waals surface area contributed by atoms with Gasteiger partial charge in [-0.3, -0.25) is 14.6 Å². The van der Waals surface area contributed by atoms with Crippen LogP contribution in [0.2, 0.25) is 0 Å². The molecule has 1 aromatic heterocycles. The Labute approximate surface area is 136 Å². The largest absolute Gasteiger partial charge is 0.299 e. The van der Waals surface area contributed by atoms with Crippen molar-refractivity contribution >= 4 is 11.6 Å². The van der Waals surface area contributed by atoms with Crippen molar-refractivity contribution in [3.05, 3.63) is 64.7 Å². The number of carbonyl (C=O) groups is 2. The van der Waals surface area contributed by atoms with Crippen molar-refractivity contribution in [3.8, 4) is 0 Å². The van der Waals surface area contributed by atoms with E-state index in [0.29, 0.717) is 17.7 Å². The van der Waals surface area contributed by atoms with E-state index in [0.717, 1.165) is 12.1 Å². The summed E-state index contributed by atoms with van der Waals surface area (Å²) in [7, 11) is 0. The standard InChI is InChI=1S/C18H14F3NO2/c19-13-6-3-10(16(20)17(13)21)4-7-14(23)11-5-8-15(24)18-12(11)2-1-9-22-18/h1-3,6,9,11H,4-5,7-8H2. The van der Waals surface area contributed by atoms with Gasteiger partial charge in [0.2, 0.25) is 0 Å². The number of hydrogen-bond donors (Lipinski definition) is 0. The molecule has 3 rings (SSSR count). The third-order valence-electron chi connectivity index (χ3n) is 4.28. The van der Waals surface area contributed by atoms with Gasteiger partial charge in [0.1, 0.15) is 11.5 Å². The lowest BCUT2D eigenvalue weighted by atomic mass is 9.81. The number of benzene rings is 1. The lowest BCUT2D eigenvalue weighted by molar-refractivity contribution is -0.120. The first-order valence-corrected chi connectivity index (χ1v) is 7.62. The molecule has 1 unspecified atom stereocenters. The number of halogens is 3. The van der Waals surface area contributed by atoms with E-state index < -0.39 is 23.4 Å². The number of rotatable bonds is 4. The molecule has 1 aliphatic carbocycles. The van der Waals surface area contributed by atoms with Gasteiger partial charge in [0.25, 0.3) is 0 Å². The normalized spacial score (nSPS) is 16.8. The van der Waals surface area contributed by atoms with Crippen molar-refractivity contribution in [1.29, 1.82) is 0 Å². The third-order valence-corrected chi connectivity index (χ3v) is 4.28. The fourth-order valence-corrected chi connectivity index (χ4v) is 3.01. The first kappa shape index (κ1) is 16.4. The van der Waals surface area contributed by atoms with Crippen molar-refractivity contribution in [2.45, 2.75) is 31.6 Å². The van der Waals surface area contributed by atoms with Gasteiger partial charge in [-0.15, -0.1) is 0 Å². The van der Waals surface area contributed by atoms with Gasteiger partial charge in [0, 0.05) is 25.0 Å². The smallest absolute Gasteiger partial charge is 0.194 e. The summed E-state index contributed by atoms with van der Waals surface area (Å²) < 4.78 is 39.8. The molecule has 1 heterocycles. The quantitative estimate of drug-likeness (QED) is 0.801. The van der Waals surface area contributed by atoms with Crippen LogP contribution in [0.4, 0.5) is 13.2 Å². The Balaban J connectivity index is 1.76. The van der Waals surface area contributed by atoms with E-state index >= 15 is 0 Å². The van der Waals surface area contributed by atoms with Crippen LogP contribution in [0.3, 0.4) is 0 Å². The summed E-state index contributed by atoms with van der Waals surface area (Å²) in [4.78, 5) is 28.4. The molecule has 124 valence electrons. The van der Waals surface area contributed by atoms with Crippen molar-refractivity contribution in [1.82, 2.24) is 4.98 Å². The van der Waals surface area contributed by atoms with E-state index in [1.807, 2.05) is 0 Å². The average Bonchev–Trinajstić information content (AvgIpc) is 2.59. The monoisotopic (exact) mass is 333 g/mol. The van der Waals surface area contributed by atoms with Crippen molar-refractivity contribution < 1.29 is 22.8 Å². The minimum Gasteiger partial charge on any atom is -0.299 e. The predicted molar refractivity (Wildman–Crippen MR) is 80.2 cm³/mol. The van der Waals surface area contributed by atoms with Gasteiger partial charge < -0.3 is 0 Å². The zero-order chi connectivity index (χ0) is 17.3. The maximum absolute atomic E-state index is 13.7. The molecule has 24 heavy (non-hydrogen) atoms. The second-order valence-electron chi connectivity index (χ2n) is 5.76. The van der Waals surface area contributed by atoms with Crippen molar-refractivity contribution in [3.63, 3.8) is 0 Å². The van der Waals surface area contributed by atoms with Crippen LogP contribution < -0.4 is 0 Å². The molecule has 0 saturated carbocycles. The summed E-state index contributed by atoms with van der Waals surface area (Å²) in [6.07, 6.45) is 2.08. The molecule has 1 atom stereocenters. The molecular formula is C18H14F3NO2. The summed E-state index contributed by atoms with van der Waals surface area (Å²) in [6.45, 7) is 0. The number of Topliss-reactive ketones (excluding diaryl/α,β-unsaturated/α-hetero) is 2. The van der Waals surface area contributed by atoms with E-state index in [4.69, 9.17) is 0 Å². The number of carbonyl (C=O) groups excluding carboxylic acids is 2. The Kier molecular flexibility index (Phi) is 4.46. The lowest BCUT2D eigenvalue weighted by Gasteiger charge is -2.22. The number of aromatic nitrogens is 1. The Bertz CT molecular complexity index is 820. The van der Waals surface area contributed by atoms with E-state index in [-0.39, 0.29) is 36.4 Å². The fraction of sp³-hybridized carbons (Fsp3) is 0.278. The Hall–Kier alpha value is -2.50. The Morgan fingerprint density at radius 3 is 2.75 bits per heavy atom. The number of hydrogen-bond acceptors (Lipinski definition) is 3. The van der Waals surface area contributed by atoms with Crippen molar-refractivity contribution in [2.75, 3.05) is 0 Å². The first-order chi connectivity index (χ1) is 11.5. The summed E-state index contributed by atoms with van der Waals surface area (Å²) >= 11 is 0. The fourth-order valence-electron chi connectivity index (χ4n) is 3.01. The molecule has 0 bridgehead atoms. The van der Waals surface area contributed by atoms with Gasteiger partial charge in [-0.25, -0.2) is 13.2 Å². The topological polar surface area (TPSA) is 47.0 Å². The van der Waals surface area contributed by atoms with E-state index in [1.54, 1.807) is 12.1 Å². The highest BCUT2D eigenvalue weighted by Gasteiger charge is 2.31. The molecular weight excluding hydrogens is 319 g/mol. The SMILES string of the molecule is O=C1CCC(C(=O)CCc2ccc(F)c(F)c2F)c2cccnc21. The second-order valence-corrected chi connectivity index (χ2v) is 5.76. The van der Waals surface area contributed by atoms with E-state index in [1.165, 1.54) is 6.20 Å². The van der Waals surface area contributed by atoms with Crippen LogP contribution in [0.5, 0.6) is 0 Å². The summed E-state index contributed by atoms with van der Waals surface area (Å²) in [5.41, 5.74) is 0.853. The van der Waals surface area contributed by atoms with Crippen LogP contribution in [-0.2, 0) is 11.2 Å². The van der Waals surface area contributed by atoms with Crippen LogP contribution in [0.15, 0.2) is 30.5 Å². The zero-order valence-corrected chi connectivity index (χ0v) is 12.7. The summed E-state index contributed by atoms with van der Waals surface area (Å²) in [5, 5.41) is 0. The maximum atomic E-state index is 13.7. The van der Waals surface area contributed by atoms with E-state index in [9.17, 15) is 22.8 Å². The molecule has 0 fully saturated rings. The molecule has 0 amide bonds.